The number of nitro groups is 1. The van der Waals surface area contributed by atoms with Gasteiger partial charge in [-0.25, -0.2) is 0 Å². The van der Waals surface area contributed by atoms with Gasteiger partial charge in [0.15, 0.2) is 0 Å². The minimum absolute atomic E-state index is 0.177. The molecule has 0 unspecified atom stereocenters. The Hall–Kier alpha value is -2.40. The molecule has 3 rings (SSSR count). The average Bonchev–Trinajstić information content (AvgIpc) is 2.45. The summed E-state index contributed by atoms with van der Waals surface area (Å²) >= 11 is 0. The first-order valence-electron chi connectivity index (χ1n) is 6.30. The Morgan fingerprint density at radius 3 is 2.90 bits per heavy atom. The van der Waals surface area contributed by atoms with Crippen molar-refractivity contribution in [2.75, 3.05) is 13.2 Å². The van der Waals surface area contributed by atoms with Crippen LogP contribution >= 0.6 is 0 Å². The summed E-state index contributed by atoms with van der Waals surface area (Å²) in [5.41, 5.74) is 1.37. The Balaban J connectivity index is 2.01. The summed E-state index contributed by atoms with van der Waals surface area (Å²) in [6.45, 7) is -0.325. The van der Waals surface area contributed by atoms with Crippen LogP contribution in [0.3, 0.4) is 0 Å². The van der Waals surface area contributed by atoms with E-state index in [0.717, 1.165) is 22.1 Å². The smallest absolute Gasteiger partial charge is 0.233 e. The van der Waals surface area contributed by atoms with E-state index in [1.807, 2.05) is 36.4 Å². The maximum atomic E-state index is 10.5. The van der Waals surface area contributed by atoms with Crippen LogP contribution in [0.4, 0.5) is 0 Å². The summed E-state index contributed by atoms with van der Waals surface area (Å²) < 4.78 is 5.70. The van der Waals surface area contributed by atoms with Crippen molar-refractivity contribution < 1.29 is 14.8 Å². The van der Waals surface area contributed by atoms with Gasteiger partial charge in [0.1, 0.15) is 18.5 Å². The van der Waals surface area contributed by atoms with Gasteiger partial charge in [-0.3, -0.25) is 10.1 Å². The Kier molecular flexibility index (Phi) is 3.12. The Morgan fingerprint density at radius 2 is 2.10 bits per heavy atom. The summed E-state index contributed by atoms with van der Waals surface area (Å²) in [5.74, 6) is 0.764. The van der Waals surface area contributed by atoms with Crippen molar-refractivity contribution in [1.29, 1.82) is 0 Å². The number of rotatable bonds is 3. The highest BCUT2D eigenvalue weighted by molar-refractivity contribution is 5.92. The number of ether oxygens (including phenoxy) is 1. The van der Waals surface area contributed by atoms with Crippen molar-refractivity contribution in [2.24, 2.45) is 0 Å². The van der Waals surface area contributed by atoms with Gasteiger partial charge >= 0.3 is 0 Å². The minimum Gasteiger partial charge on any atom is -0.488 e. The third kappa shape index (κ3) is 2.23. The molecule has 1 N–H and O–H groups in total. The second-order valence-corrected chi connectivity index (χ2v) is 4.74. The van der Waals surface area contributed by atoms with Crippen LogP contribution in [0.25, 0.3) is 16.8 Å². The molecule has 5 heteroatoms. The normalized spacial score (nSPS) is 15.2. The molecule has 1 aliphatic rings. The van der Waals surface area contributed by atoms with Gasteiger partial charge in [-0.1, -0.05) is 36.4 Å². The molecule has 102 valence electrons. The fourth-order valence-electron chi connectivity index (χ4n) is 2.38. The molecule has 0 amide bonds. The van der Waals surface area contributed by atoms with Crippen LogP contribution < -0.4 is 4.74 Å². The second-order valence-electron chi connectivity index (χ2n) is 4.74. The quantitative estimate of drug-likeness (QED) is 0.686. The van der Waals surface area contributed by atoms with Gasteiger partial charge in [0.05, 0.1) is 0 Å². The molecule has 0 radical (unpaired) electrons. The van der Waals surface area contributed by atoms with Crippen molar-refractivity contribution in [3.05, 3.63) is 57.6 Å². The zero-order chi connectivity index (χ0) is 14.1. The minimum atomic E-state index is -1.11. The zero-order valence-corrected chi connectivity index (χ0v) is 10.7. The van der Waals surface area contributed by atoms with Crippen LogP contribution in [0.1, 0.15) is 5.56 Å². The van der Waals surface area contributed by atoms with Crippen molar-refractivity contribution in [3.63, 3.8) is 0 Å². The lowest BCUT2D eigenvalue weighted by atomic mass is 9.99. The van der Waals surface area contributed by atoms with E-state index in [9.17, 15) is 15.2 Å². The summed E-state index contributed by atoms with van der Waals surface area (Å²) in [4.78, 5) is 9.92. The highest BCUT2D eigenvalue weighted by atomic mass is 16.6. The van der Waals surface area contributed by atoms with Crippen molar-refractivity contribution in [3.8, 4) is 5.75 Å². The summed E-state index contributed by atoms with van der Waals surface area (Å²) in [7, 11) is 0. The van der Waals surface area contributed by atoms with Gasteiger partial charge in [0.2, 0.25) is 6.54 Å². The lowest BCUT2D eigenvalue weighted by Crippen LogP contribution is -2.26. The van der Waals surface area contributed by atoms with E-state index in [4.69, 9.17) is 4.74 Å². The Morgan fingerprint density at radius 1 is 1.30 bits per heavy atom. The van der Waals surface area contributed by atoms with Crippen LogP contribution in [-0.4, -0.2) is 29.3 Å². The van der Waals surface area contributed by atoms with Gasteiger partial charge in [-0.05, 0) is 11.5 Å². The lowest BCUT2D eigenvalue weighted by Gasteiger charge is -2.21. The standard InChI is InChI=1S/C15H13NO4/c17-14(8-16(18)19)12-7-11-6-5-10-3-1-2-4-13(10)15(11)20-9-12/h1-7,14,17H,8-9H2/t14-/m1/s1. The van der Waals surface area contributed by atoms with E-state index >= 15 is 0 Å². The monoisotopic (exact) mass is 271 g/mol. The fraction of sp³-hybridized carbons (Fsp3) is 0.200. The third-order valence-electron chi connectivity index (χ3n) is 3.38. The van der Waals surface area contributed by atoms with E-state index in [0.29, 0.717) is 5.57 Å². The molecule has 0 fully saturated rings. The van der Waals surface area contributed by atoms with Gasteiger partial charge in [0.25, 0.3) is 0 Å². The number of benzene rings is 2. The van der Waals surface area contributed by atoms with Crippen molar-refractivity contribution >= 4 is 16.8 Å². The van der Waals surface area contributed by atoms with Gasteiger partial charge < -0.3 is 9.84 Å². The van der Waals surface area contributed by atoms with E-state index in [-0.39, 0.29) is 6.61 Å². The number of hydrogen-bond acceptors (Lipinski definition) is 4. The number of hydrogen-bond donors (Lipinski definition) is 1. The van der Waals surface area contributed by atoms with Gasteiger partial charge in [0, 0.05) is 21.4 Å². The molecule has 5 nitrogen and oxygen atoms in total. The topological polar surface area (TPSA) is 72.6 Å². The molecule has 0 spiro atoms. The average molecular weight is 271 g/mol. The molecule has 1 aliphatic heterocycles. The van der Waals surface area contributed by atoms with Crippen LogP contribution in [0.15, 0.2) is 42.0 Å². The van der Waals surface area contributed by atoms with E-state index in [1.165, 1.54) is 0 Å². The van der Waals surface area contributed by atoms with Crippen LogP contribution in [-0.2, 0) is 0 Å². The van der Waals surface area contributed by atoms with Gasteiger partial charge in [-0.15, -0.1) is 0 Å². The Labute approximate surface area is 115 Å². The first-order chi connectivity index (χ1) is 9.65. The molecule has 0 saturated heterocycles. The van der Waals surface area contributed by atoms with Crippen LogP contribution in [0.5, 0.6) is 5.75 Å². The second kappa shape index (κ2) is 4.94. The summed E-state index contributed by atoms with van der Waals surface area (Å²) in [6.07, 6.45) is 0.670. The third-order valence-corrected chi connectivity index (χ3v) is 3.38. The zero-order valence-electron chi connectivity index (χ0n) is 10.7. The SMILES string of the molecule is O=[N+]([O-])C[C@@H](O)C1=Cc2ccc3ccccc3c2OC1. The van der Waals surface area contributed by atoms with E-state index < -0.39 is 17.6 Å². The molecule has 2 aromatic carbocycles. The Bertz CT molecular complexity index is 708. The predicted octanol–water partition coefficient (Wildman–Crippen LogP) is 2.25. The molecular formula is C15H13NO4. The summed E-state index contributed by atoms with van der Waals surface area (Å²) in [5, 5.41) is 22.3. The highest BCUT2D eigenvalue weighted by Crippen LogP contribution is 2.34. The summed E-state index contributed by atoms with van der Waals surface area (Å²) in [6, 6.07) is 11.7. The first-order valence-corrected chi connectivity index (χ1v) is 6.30. The number of nitrogens with zero attached hydrogens (tertiary/aromatic N) is 1. The maximum Gasteiger partial charge on any atom is 0.233 e. The van der Waals surface area contributed by atoms with E-state index in [2.05, 4.69) is 0 Å². The van der Waals surface area contributed by atoms with Crippen LogP contribution in [0.2, 0.25) is 0 Å². The fourth-order valence-corrected chi connectivity index (χ4v) is 2.38. The molecule has 20 heavy (non-hydrogen) atoms. The highest BCUT2D eigenvalue weighted by Gasteiger charge is 2.22. The molecule has 0 saturated carbocycles. The largest absolute Gasteiger partial charge is 0.488 e. The van der Waals surface area contributed by atoms with Gasteiger partial charge in [-0.2, -0.15) is 0 Å². The molecule has 0 aliphatic carbocycles. The number of aliphatic hydroxyl groups excluding tert-OH is 1. The van der Waals surface area contributed by atoms with Crippen LogP contribution in [0, 0.1) is 10.1 Å². The molecule has 1 heterocycles. The predicted molar refractivity (Wildman–Crippen MR) is 75.3 cm³/mol. The molecule has 0 aromatic heterocycles. The molecule has 1 atom stereocenters. The van der Waals surface area contributed by atoms with Crippen molar-refractivity contribution in [1.82, 2.24) is 0 Å². The molecule has 0 bridgehead atoms. The molecule has 2 aromatic rings. The lowest BCUT2D eigenvalue weighted by molar-refractivity contribution is -0.488. The number of aliphatic hydroxyl groups is 1. The van der Waals surface area contributed by atoms with E-state index in [1.54, 1.807) is 6.08 Å². The maximum absolute atomic E-state index is 10.5. The number of fused-ring (bicyclic) bond motifs is 3. The first kappa shape index (κ1) is 12.6. The van der Waals surface area contributed by atoms with Crippen molar-refractivity contribution in [2.45, 2.75) is 6.10 Å². The molecular weight excluding hydrogens is 258 g/mol.